The van der Waals surface area contributed by atoms with Crippen molar-refractivity contribution in [3.63, 3.8) is 0 Å². The maximum atomic E-state index is 13.9. The molecule has 104 valence electrons. The topological polar surface area (TPSA) is 26.3 Å². The van der Waals surface area contributed by atoms with Crippen LogP contribution >= 0.6 is 23.5 Å². The summed E-state index contributed by atoms with van der Waals surface area (Å²) < 4.78 is 18.8. The molecular formula is C14H17FO2S2. The molecule has 5 heteroatoms. The standard InChI is InChI=1S/C14H17FO2S2/c1-8-9(2)19-13(7-18-8)14(16)11-5-4-10(17-3)6-12(11)15/h4-6,8-9,13H,7H2,1-3H3. The Labute approximate surface area is 121 Å². The van der Waals surface area contributed by atoms with Crippen LogP contribution < -0.4 is 4.74 Å². The van der Waals surface area contributed by atoms with E-state index in [2.05, 4.69) is 13.8 Å². The van der Waals surface area contributed by atoms with Gasteiger partial charge in [-0.1, -0.05) is 13.8 Å². The molecule has 1 heterocycles. The van der Waals surface area contributed by atoms with Crippen LogP contribution in [-0.4, -0.2) is 34.4 Å². The first-order valence-corrected chi connectivity index (χ1v) is 8.17. The third kappa shape index (κ3) is 3.26. The van der Waals surface area contributed by atoms with E-state index in [0.29, 0.717) is 16.2 Å². The summed E-state index contributed by atoms with van der Waals surface area (Å²) in [5.74, 6) is 0.569. The first-order valence-electron chi connectivity index (χ1n) is 6.17. The van der Waals surface area contributed by atoms with E-state index in [0.717, 1.165) is 5.75 Å². The summed E-state index contributed by atoms with van der Waals surface area (Å²) in [5.41, 5.74) is 0.167. The molecule has 0 amide bonds. The summed E-state index contributed by atoms with van der Waals surface area (Å²) in [6, 6.07) is 4.41. The Hall–Kier alpha value is -0.680. The maximum absolute atomic E-state index is 13.9. The lowest BCUT2D eigenvalue weighted by atomic mass is 10.1. The summed E-state index contributed by atoms with van der Waals surface area (Å²) in [6.45, 7) is 4.28. The van der Waals surface area contributed by atoms with E-state index >= 15 is 0 Å². The maximum Gasteiger partial charge on any atom is 0.179 e. The smallest absolute Gasteiger partial charge is 0.179 e. The number of rotatable bonds is 3. The van der Waals surface area contributed by atoms with Crippen molar-refractivity contribution in [2.75, 3.05) is 12.9 Å². The van der Waals surface area contributed by atoms with Crippen LogP contribution in [0, 0.1) is 5.82 Å². The van der Waals surface area contributed by atoms with Gasteiger partial charge in [-0.05, 0) is 12.1 Å². The Kier molecular flexibility index (Phi) is 4.79. The number of halogens is 1. The van der Waals surface area contributed by atoms with Crippen LogP contribution in [0.1, 0.15) is 24.2 Å². The number of hydrogen-bond acceptors (Lipinski definition) is 4. The molecule has 3 atom stereocenters. The number of methoxy groups -OCH3 is 1. The van der Waals surface area contributed by atoms with Crippen molar-refractivity contribution >= 4 is 29.3 Å². The molecule has 1 fully saturated rings. The van der Waals surface area contributed by atoms with Crippen molar-refractivity contribution in [2.24, 2.45) is 0 Å². The van der Waals surface area contributed by atoms with E-state index in [1.54, 1.807) is 29.6 Å². The molecule has 0 saturated carbocycles. The average molecular weight is 300 g/mol. The molecule has 0 N–H and O–H groups in total. The summed E-state index contributed by atoms with van der Waals surface area (Å²) in [5, 5.41) is 0.794. The van der Waals surface area contributed by atoms with Gasteiger partial charge in [0.25, 0.3) is 0 Å². The SMILES string of the molecule is COc1ccc(C(=O)C2CSC(C)C(C)S2)c(F)c1. The summed E-state index contributed by atoms with van der Waals surface area (Å²) in [4.78, 5) is 12.4. The van der Waals surface area contributed by atoms with E-state index in [1.807, 2.05) is 0 Å². The van der Waals surface area contributed by atoms with E-state index in [-0.39, 0.29) is 16.6 Å². The zero-order valence-corrected chi connectivity index (χ0v) is 12.8. The molecule has 1 aromatic carbocycles. The van der Waals surface area contributed by atoms with E-state index in [9.17, 15) is 9.18 Å². The third-order valence-corrected chi connectivity index (χ3v) is 6.67. The van der Waals surface area contributed by atoms with Gasteiger partial charge in [0.1, 0.15) is 11.6 Å². The monoisotopic (exact) mass is 300 g/mol. The van der Waals surface area contributed by atoms with E-state index in [1.165, 1.54) is 19.2 Å². The molecule has 3 unspecified atom stereocenters. The summed E-state index contributed by atoms with van der Waals surface area (Å²) in [7, 11) is 1.48. The van der Waals surface area contributed by atoms with Crippen LogP contribution in [0.25, 0.3) is 0 Å². The number of hydrogen-bond donors (Lipinski definition) is 0. The zero-order chi connectivity index (χ0) is 14.0. The number of thioether (sulfide) groups is 2. The Bertz CT molecular complexity index is 479. The highest BCUT2D eigenvalue weighted by atomic mass is 32.2. The van der Waals surface area contributed by atoms with Gasteiger partial charge in [-0.2, -0.15) is 11.8 Å². The number of ether oxygens (including phenoxy) is 1. The minimum absolute atomic E-state index is 0.114. The second-order valence-corrected chi connectivity index (χ2v) is 7.57. The van der Waals surface area contributed by atoms with Crippen molar-refractivity contribution < 1.29 is 13.9 Å². The lowest BCUT2D eigenvalue weighted by Crippen LogP contribution is -2.32. The predicted molar refractivity (Wildman–Crippen MR) is 80.0 cm³/mol. The Morgan fingerprint density at radius 2 is 2.11 bits per heavy atom. The van der Waals surface area contributed by atoms with Gasteiger partial charge in [0.15, 0.2) is 5.78 Å². The highest BCUT2D eigenvalue weighted by molar-refractivity contribution is 8.08. The van der Waals surface area contributed by atoms with Gasteiger partial charge >= 0.3 is 0 Å². The van der Waals surface area contributed by atoms with E-state index in [4.69, 9.17) is 4.74 Å². The molecule has 1 saturated heterocycles. The molecule has 2 nitrogen and oxygen atoms in total. The van der Waals surface area contributed by atoms with Crippen LogP contribution in [0.15, 0.2) is 18.2 Å². The number of Topliss-reactive ketones (excluding diaryl/α,β-unsaturated/α-hetero) is 1. The molecule has 1 aromatic rings. The first-order chi connectivity index (χ1) is 9.02. The van der Waals surface area contributed by atoms with E-state index < -0.39 is 5.82 Å². The predicted octanol–water partition coefficient (Wildman–Crippen LogP) is 3.64. The molecular weight excluding hydrogens is 283 g/mol. The minimum Gasteiger partial charge on any atom is -0.497 e. The van der Waals surface area contributed by atoms with Crippen molar-refractivity contribution in [3.05, 3.63) is 29.6 Å². The Morgan fingerprint density at radius 1 is 1.37 bits per heavy atom. The lowest BCUT2D eigenvalue weighted by molar-refractivity contribution is 0.0991. The summed E-state index contributed by atoms with van der Waals surface area (Å²) >= 11 is 3.43. The number of carbonyl (C=O) groups is 1. The van der Waals surface area contributed by atoms with Gasteiger partial charge in [-0.15, -0.1) is 11.8 Å². The van der Waals surface area contributed by atoms with Gasteiger partial charge in [-0.3, -0.25) is 4.79 Å². The fourth-order valence-electron chi connectivity index (χ4n) is 1.92. The van der Waals surface area contributed by atoms with Gasteiger partial charge in [0.2, 0.25) is 0 Å². The van der Waals surface area contributed by atoms with Crippen molar-refractivity contribution in [2.45, 2.75) is 29.6 Å². The van der Waals surface area contributed by atoms with Gasteiger partial charge in [0, 0.05) is 22.3 Å². The molecule has 19 heavy (non-hydrogen) atoms. The normalized spacial score (nSPS) is 27.1. The Morgan fingerprint density at radius 3 is 2.68 bits per heavy atom. The molecule has 0 radical (unpaired) electrons. The second-order valence-electron chi connectivity index (χ2n) is 4.58. The third-order valence-electron chi connectivity index (χ3n) is 3.28. The van der Waals surface area contributed by atoms with Crippen molar-refractivity contribution in [1.82, 2.24) is 0 Å². The van der Waals surface area contributed by atoms with Crippen LogP contribution in [0.4, 0.5) is 4.39 Å². The number of benzene rings is 1. The second kappa shape index (κ2) is 6.18. The largest absolute Gasteiger partial charge is 0.497 e. The summed E-state index contributed by atoms with van der Waals surface area (Å²) in [6.07, 6.45) is 0. The molecule has 0 bridgehead atoms. The van der Waals surface area contributed by atoms with Crippen LogP contribution in [0.5, 0.6) is 5.75 Å². The van der Waals surface area contributed by atoms with Crippen molar-refractivity contribution in [3.8, 4) is 5.75 Å². The molecule has 1 aliphatic rings. The number of ketones is 1. The van der Waals surface area contributed by atoms with Crippen molar-refractivity contribution in [1.29, 1.82) is 0 Å². The van der Waals surface area contributed by atoms with Crippen LogP contribution in [-0.2, 0) is 0 Å². The highest BCUT2D eigenvalue weighted by Crippen LogP contribution is 2.37. The molecule has 0 aromatic heterocycles. The number of carbonyl (C=O) groups excluding carboxylic acids is 1. The van der Waals surface area contributed by atoms with Gasteiger partial charge in [0.05, 0.1) is 17.9 Å². The van der Waals surface area contributed by atoms with Gasteiger partial charge in [-0.25, -0.2) is 4.39 Å². The fourth-order valence-corrected chi connectivity index (χ4v) is 4.79. The fraction of sp³-hybridized carbons (Fsp3) is 0.500. The molecule has 0 aliphatic carbocycles. The lowest BCUT2D eigenvalue weighted by Gasteiger charge is -2.30. The van der Waals surface area contributed by atoms with Gasteiger partial charge < -0.3 is 4.74 Å². The average Bonchev–Trinajstić information content (AvgIpc) is 2.41. The molecule has 0 spiro atoms. The first kappa shape index (κ1) is 14.7. The molecule has 1 aliphatic heterocycles. The van der Waals surface area contributed by atoms with Crippen LogP contribution in [0.2, 0.25) is 0 Å². The minimum atomic E-state index is -0.499. The Balaban J connectivity index is 2.16. The van der Waals surface area contributed by atoms with Crippen LogP contribution in [0.3, 0.4) is 0 Å². The zero-order valence-electron chi connectivity index (χ0n) is 11.2. The quantitative estimate of drug-likeness (QED) is 0.796. The highest BCUT2D eigenvalue weighted by Gasteiger charge is 2.31. The molecule has 2 rings (SSSR count).